The summed E-state index contributed by atoms with van der Waals surface area (Å²) in [6.45, 7) is 0. The highest BCUT2D eigenvalue weighted by atomic mass is 15.3. The van der Waals surface area contributed by atoms with Gasteiger partial charge in [0.15, 0.2) is 0 Å². The van der Waals surface area contributed by atoms with E-state index in [9.17, 15) is 0 Å². The van der Waals surface area contributed by atoms with Crippen molar-refractivity contribution in [3.63, 3.8) is 0 Å². The zero-order valence-corrected chi connectivity index (χ0v) is 3.00. The molecule has 0 bridgehead atoms. The van der Waals surface area contributed by atoms with Crippen molar-refractivity contribution in [1.82, 2.24) is 15.4 Å². The van der Waals surface area contributed by atoms with E-state index in [4.69, 9.17) is 1.37 Å². The number of hydrogen-bond acceptors (Lipinski definition) is 3. The summed E-state index contributed by atoms with van der Waals surface area (Å²) >= 11 is 0. The molecule has 0 unspecified atom stereocenters. The number of rotatable bonds is 0. The SMILES string of the molecule is [2H]c1cnnnc1. The molecule has 0 radical (unpaired) electrons. The molecule has 0 atom stereocenters. The standard InChI is InChI=1S/C3H3N3/c1-2-4-6-5-3-1/h1-3H/i1D. The number of hydrogen-bond donors (Lipinski definition) is 0. The van der Waals surface area contributed by atoms with Crippen LogP contribution >= 0.6 is 0 Å². The lowest BCUT2D eigenvalue weighted by Gasteiger charge is -1.68. The third kappa shape index (κ3) is 0.484. The molecule has 0 saturated heterocycles. The van der Waals surface area contributed by atoms with Gasteiger partial charge >= 0.3 is 0 Å². The number of aromatic nitrogens is 3. The molecule has 6 heavy (non-hydrogen) atoms. The van der Waals surface area contributed by atoms with Crippen LogP contribution in [0.4, 0.5) is 0 Å². The second-order valence-electron chi connectivity index (χ2n) is 0.745. The van der Waals surface area contributed by atoms with Gasteiger partial charge in [0.25, 0.3) is 0 Å². The summed E-state index contributed by atoms with van der Waals surface area (Å²) in [6, 6.07) is 0.287. The van der Waals surface area contributed by atoms with Gasteiger partial charge < -0.3 is 0 Å². The van der Waals surface area contributed by atoms with Crippen molar-refractivity contribution in [3.8, 4) is 0 Å². The van der Waals surface area contributed by atoms with Crippen molar-refractivity contribution in [1.29, 1.82) is 0 Å². The largest absolute Gasteiger partial charge is 0.139 e. The first-order chi connectivity index (χ1) is 3.39. The van der Waals surface area contributed by atoms with E-state index in [1.54, 1.807) is 0 Å². The maximum Gasteiger partial charge on any atom is 0.0657 e. The maximum absolute atomic E-state index is 6.83. The molecule has 0 aliphatic rings. The predicted molar refractivity (Wildman–Crippen MR) is 19.8 cm³/mol. The summed E-state index contributed by atoms with van der Waals surface area (Å²) in [5.74, 6) is 0. The van der Waals surface area contributed by atoms with E-state index in [2.05, 4.69) is 15.4 Å². The third-order valence-electron chi connectivity index (χ3n) is 0.368. The Morgan fingerprint density at radius 3 is 2.33 bits per heavy atom. The Morgan fingerprint density at radius 1 is 1.33 bits per heavy atom. The maximum atomic E-state index is 6.83. The van der Waals surface area contributed by atoms with Crippen LogP contribution in [0.5, 0.6) is 0 Å². The number of nitrogens with zero attached hydrogens (tertiary/aromatic N) is 3. The molecular formula is C3H3N3. The van der Waals surface area contributed by atoms with E-state index in [0.717, 1.165) is 0 Å². The van der Waals surface area contributed by atoms with Crippen LogP contribution in [-0.2, 0) is 0 Å². The first kappa shape index (κ1) is 2.23. The summed E-state index contributed by atoms with van der Waals surface area (Å²) in [5.41, 5.74) is 0. The predicted octanol–water partition coefficient (Wildman–Crippen LogP) is -0.128. The Morgan fingerprint density at radius 2 is 2.00 bits per heavy atom. The highest BCUT2D eigenvalue weighted by Gasteiger charge is 1.60. The molecule has 0 aromatic carbocycles. The van der Waals surface area contributed by atoms with Gasteiger partial charge in [0.1, 0.15) is 0 Å². The van der Waals surface area contributed by atoms with E-state index >= 15 is 0 Å². The molecule has 0 aliphatic heterocycles. The molecule has 3 nitrogen and oxygen atoms in total. The highest BCUT2D eigenvalue weighted by molar-refractivity contribution is 4.69. The lowest BCUT2D eigenvalue weighted by Crippen LogP contribution is -1.78. The van der Waals surface area contributed by atoms with Crippen LogP contribution in [0.3, 0.4) is 0 Å². The first-order valence-electron chi connectivity index (χ1n) is 1.99. The summed E-state index contributed by atoms with van der Waals surface area (Å²) in [4.78, 5) is 0. The average Bonchev–Trinajstić information content (AvgIpc) is 1.69. The van der Waals surface area contributed by atoms with Crippen LogP contribution < -0.4 is 0 Å². The fourth-order valence-electron chi connectivity index (χ4n) is 0.181. The van der Waals surface area contributed by atoms with Gasteiger partial charge in [-0.25, -0.2) is 0 Å². The summed E-state index contributed by atoms with van der Waals surface area (Å²) in [6.07, 6.45) is 2.65. The molecule has 1 aromatic heterocycles. The molecule has 0 saturated carbocycles. The molecule has 0 aliphatic carbocycles. The normalized spacial score (nSPS) is 10.3. The summed E-state index contributed by atoms with van der Waals surface area (Å²) in [5, 5.41) is 9.90. The minimum absolute atomic E-state index is 0.287. The first-order valence-corrected chi connectivity index (χ1v) is 1.49. The molecule has 30 valence electrons. The fourth-order valence-corrected chi connectivity index (χ4v) is 0.181. The Balaban J connectivity index is 3.02. The molecule has 3 heteroatoms. The zero-order valence-electron chi connectivity index (χ0n) is 4.00. The van der Waals surface area contributed by atoms with E-state index < -0.39 is 0 Å². The van der Waals surface area contributed by atoms with E-state index in [0.29, 0.717) is 0 Å². The van der Waals surface area contributed by atoms with Gasteiger partial charge in [-0.2, -0.15) is 0 Å². The van der Waals surface area contributed by atoms with Crippen molar-refractivity contribution >= 4 is 0 Å². The molecule has 0 spiro atoms. The molecule has 1 heterocycles. The van der Waals surface area contributed by atoms with Gasteiger partial charge in [0, 0.05) is 0 Å². The smallest absolute Gasteiger partial charge is 0.0657 e. The Kier molecular flexibility index (Phi) is 0.538. The lowest BCUT2D eigenvalue weighted by molar-refractivity contribution is 0.865. The minimum atomic E-state index is 0.287. The van der Waals surface area contributed by atoms with Crippen molar-refractivity contribution < 1.29 is 1.37 Å². The highest BCUT2D eigenvalue weighted by Crippen LogP contribution is 1.61. The molecule has 0 N–H and O–H groups in total. The van der Waals surface area contributed by atoms with Gasteiger partial charge in [0.2, 0.25) is 0 Å². The Hall–Kier alpha value is -0.990. The second kappa shape index (κ2) is 1.45. The lowest BCUT2D eigenvalue weighted by atomic mass is 10.7. The van der Waals surface area contributed by atoms with E-state index in [1.165, 1.54) is 12.4 Å². The van der Waals surface area contributed by atoms with Crippen LogP contribution in [-0.4, -0.2) is 15.4 Å². The van der Waals surface area contributed by atoms with Gasteiger partial charge in [-0.3, -0.25) is 0 Å². The monoisotopic (exact) mass is 82.0 g/mol. The quantitative estimate of drug-likeness (QED) is 0.437. The molecule has 0 fully saturated rings. The van der Waals surface area contributed by atoms with Crippen molar-refractivity contribution in [2.75, 3.05) is 0 Å². The molecule has 1 rings (SSSR count). The van der Waals surface area contributed by atoms with E-state index in [1.807, 2.05) is 0 Å². The molecule has 1 aromatic rings. The van der Waals surface area contributed by atoms with Crippen LogP contribution in [0.1, 0.15) is 1.37 Å². The topological polar surface area (TPSA) is 38.7 Å². The van der Waals surface area contributed by atoms with Crippen molar-refractivity contribution in [3.05, 3.63) is 18.4 Å². The Bertz CT molecular complexity index is 140. The van der Waals surface area contributed by atoms with Crippen LogP contribution in [0.25, 0.3) is 0 Å². The van der Waals surface area contributed by atoms with Crippen LogP contribution in [0.15, 0.2) is 18.4 Å². The minimum Gasteiger partial charge on any atom is -0.139 e. The Labute approximate surface area is 36.4 Å². The van der Waals surface area contributed by atoms with Crippen LogP contribution in [0.2, 0.25) is 0 Å². The van der Waals surface area contributed by atoms with Gasteiger partial charge in [0.05, 0.1) is 13.8 Å². The van der Waals surface area contributed by atoms with Gasteiger partial charge in [-0.1, -0.05) is 0 Å². The summed E-state index contributed by atoms with van der Waals surface area (Å²) in [7, 11) is 0. The average molecular weight is 82.1 g/mol. The van der Waals surface area contributed by atoms with Crippen molar-refractivity contribution in [2.24, 2.45) is 0 Å². The van der Waals surface area contributed by atoms with Gasteiger partial charge in [-0.15, -0.1) is 10.2 Å². The molecular weight excluding hydrogens is 78.1 g/mol. The molecule has 0 amide bonds. The van der Waals surface area contributed by atoms with Crippen LogP contribution in [0, 0.1) is 0 Å². The van der Waals surface area contributed by atoms with Crippen molar-refractivity contribution in [2.45, 2.75) is 0 Å². The summed E-state index contributed by atoms with van der Waals surface area (Å²) < 4.78 is 6.83. The zero-order chi connectivity index (χ0) is 5.11. The second-order valence-corrected chi connectivity index (χ2v) is 0.745. The van der Waals surface area contributed by atoms with Gasteiger partial charge in [-0.05, 0) is 11.3 Å². The fraction of sp³-hybridized carbons (Fsp3) is 0. The van der Waals surface area contributed by atoms with E-state index in [-0.39, 0.29) is 6.04 Å². The third-order valence-corrected chi connectivity index (χ3v) is 0.368.